The zero-order valence-electron chi connectivity index (χ0n) is 16.7. The normalized spacial score (nSPS) is 11.3. The Hall–Kier alpha value is -3.59. The van der Waals surface area contributed by atoms with Crippen LogP contribution in [0, 0.1) is 20.8 Å². The third-order valence-electron chi connectivity index (χ3n) is 4.84. The van der Waals surface area contributed by atoms with E-state index in [9.17, 15) is 0 Å². The Labute approximate surface area is 176 Å². The summed E-state index contributed by atoms with van der Waals surface area (Å²) in [4.78, 5) is 10.1. The molecule has 0 aliphatic rings. The van der Waals surface area contributed by atoms with E-state index in [4.69, 9.17) is 8.94 Å². The van der Waals surface area contributed by atoms with Crippen LogP contribution in [0.3, 0.4) is 0 Å². The van der Waals surface area contributed by atoms with Crippen molar-refractivity contribution < 1.29 is 8.94 Å². The second kappa shape index (κ2) is 7.34. The lowest BCUT2D eigenvalue weighted by Gasteiger charge is -2.00. The number of aryl methyl sites for hydroxylation is 2. The molecular weight excluding hydrogens is 400 g/mol. The van der Waals surface area contributed by atoms with Gasteiger partial charge in [-0.05, 0) is 44.4 Å². The second-order valence-electron chi connectivity index (χ2n) is 6.97. The molecular formula is C21H18N6O2S. The van der Waals surface area contributed by atoms with Crippen molar-refractivity contribution in [3.8, 4) is 33.7 Å². The number of aromatic nitrogens is 6. The average Bonchev–Trinajstić information content (AvgIpc) is 3.52. The molecule has 1 aromatic carbocycles. The van der Waals surface area contributed by atoms with Gasteiger partial charge in [0.05, 0.1) is 17.1 Å². The molecule has 0 saturated heterocycles. The minimum atomic E-state index is 0.347. The highest BCUT2D eigenvalue weighted by Crippen LogP contribution is 2.27. The Balaban J connectivity index is 1.41. The van der Waals surface area contributed by atoms with E-state index in [0.29, 0.717) is 29.8 Å². The molecule has 5 aromatic rings. The van der Waals surface area contributed by atoms with Crippen LogP contribution in [0.25, 0.3) is 33.7 Å². The maximum absolute atomic E-state index is 5.88. The van der Waals surface area contributed by atoms with Gasteiger partial charge in [0.15, 0.2) is 5.69 Å². The molecule has 0 bridgehead atoms. The van der Waals surface area contributed by atoms with Crippen LogP contribution in [0.2, 0.25) is 0 Å². The minimum Gasteiger partial charge on any atom is -0.441 e. The number of benzene rings is 1. The van der Waals surface area contributed by atoms with Crippen molar-refractivity contribution in [2.45, 2.75) is 27.3 Å². The van der Waals surface area contributed by atoms with E-state index in [-0.39, 0.29) is 0 Å². The van der Waals surface area contributed by atoms with Crippen LogP contribution in [-0.2, 0) is 6.54 Å². The van der Waals surface area contributed by atoms with Gasteiger partial charge in [0.2, 0.25) is 11.7 Å². The quantitative estimate of drug-likeness (QED) is 0.409. The summed E-state index contributed by atoms with van der Waals surface area (Å²) in [5, 5.41) is 14.5. The highest BCUT2D eigenvalue weighted by molar-refractivity contribution is 7.13. The molecule has 0 radical (unpaired) electrons. The third-order valence-corrected chi connectivity index (χ3v) is 5.71. The van der Waals surface area contributed by atoms with Gasteiger partial charge in [0, 0.05) is 5.56 Å². The highest BCUT2D eigenvalue weighted by Gasteiger charge is 2.20. The van der Waals surface area contributed by atoms with Crippen molar-refractivity contribution in [3.63, 3.8) is 0 Å². The van der Waals surface area contributed by atoms with Crippen LogP contribution in [0.15, 0.2) is 50.7 Å². The minimum absolute atomic E-state index is 0.347. The molecule has 0 saturated carbocycles. The molecule has 0 aliphatic carbocycles. The summed E-state index contributed by atoms with van der Waals surface area (Å²) in [6, 6.07) is 12.0. The molecule has 150 valence electrons. The van der Waals surface area contributed by atoms with Crippen molar-refractivity contribution in [1.82, 2.24) is 30.1 Å². The first-order chi connectivity index (χ1) is 14.6. The van der Waals surface area contributed by atoms with Gasteiger partial charge in [-0.25, -0.2) is 9.67 Å². The van der Waals surface area contributed by atoms with Crippen molar-refractivity contribution in [3.05, 3.63) is 64.5 Å². The molecule has 0 atom stereocenters. The summed E-state index contributed by atoms with van der Waals surface area (Å²) in [5.74, 6) is 2.24. The van der Waals surface area contributed by atoms with Crippen molar-refractivity contribution in [2.24, 2.45) is 0 Å². The van der Waals surface area contributed by atoms with Gasteiger partial charge in [-0.15, -0.1) is 16.4 Å². The zero-order chi connectivity index (χ0) is 20.7. The average molecular weight is 418 g/mol. The van der Waals surface area contributed by atoms with E-state index in [2.05, 4.69) is 25.4 Å². The van der Waals surface area contributed by atoms with E-state index in [1.165, 1.54) is 5.56 Å². The maximum Gasteiger partial charge on any atom is 0.280 e. The van der Waals surface area contributed by atoms with Crippen LogP contribution in [0.1, 0.15) is 22.7 Å². The Bertz CT molecular complexity index is 1300. The van der Waals surface area contributed by atoms with E-state index >= 15 is 0 Å². The van der Waals surface area contributed by atoms with Crippen LogP contribution < -0.4 is 0 Å². The summed E-state index contributed by atoms with van der Waals surface area (Å²) in [7, 11) is 0. The fourth-order valence-electron chi connectivity index (χ4n) is 3.07. The summed E-state index contributed by atoms with van der Waals surface area (Å²) in [5.41, 5.74) is 4.31. The van der Waals surface area contributed by atoms with Crippen molar-refractivity contribution in [1.29, 1.82) is 0 Å². The number of hydrogen-bond donors (Lipinski definition) is 0. The lowest BCUT2D eigenvalue weighted by molar-refractivity contribution is 0.431. The van der Waals surface area contributed by atoms with E-state index in [1.54, 1.807) is 16.0 Å². The monoisotopic (exact) mass is 418 g/mol. The van der Waals surface area contributed by atoms with E-state index < -0.39 is 0 Å². The molecule has 4 aromatic heterocycles. The van der Waals surface area contributed by atoms with Gasteiger partial charge in [0.25, 0.3) is 5.89 Å². The summed E-state index contributed by atoms with van der Waals surface area (Å²) < 4.78 is 13.0. The first-order valence-corrected chi connectivity index (χ1v) is 10.3. The first kappa shape index (κ1) is 18.4. The molecule has 30 heavy (non-hydrogen) atoms. The van der Waals surface area contributed by atoms with Gasteiger partial charge in [-0.2, -0.15) is 4.98 Å². The van der Waals surface area contributed by atoms with Gasteiger partial charge in [-0.3, -0.25) is 0 Å². The Kier molecular flexibility index (Phi) is 4.51. The number of nitrogens with zero attached hydrogens (tertiary/aromatic N) is 6. The summed E-state index contributed by atoms with van der Waals surface area (Å²) >= 11 is 1.55. The SMILES string of the molecule is Cc1ccc(-c2nc(Cn3nnc(-c4nc(-c5cccs5)no4)c3C)c(C)o2)cc1. The van der Waals surface area contributed by atoms with E-state index in [0.717, 1.165) is 27.6 Å². The maximum atomic E-state index is 5.88. The first-order valence-electron chi connectivity index (χ1n) is 9.40. The molecule has 0 aliphatic heterocycles. The van der Waals surface area contributed by atoms with Gasteiger partial charge in [0.1, 0.15) is 11.5 Å². The fraction of sp³-hybridized carbons (Fsp3) is 0.190. The highest BCUT2D eigenvalue weighted by atomic mass is 32.1. The largest absolute Gasteiger partial charge is 0.441 e. The van der Waals surface area contributed by atoms with Gasteiger partial charge >= 0.3 is 0 Å². The molecule has 5 rings (SSSR count). The smallest absolute Gasteiger partial charge is 0.280 e. The van der Waals surface area contributed by atoms with Crippen molar-refractivity contribution in [2.75, 3.05) is 0 Å². The van der Waals surface area contributed by atoms with Crippen LogP contribution >= 0.6 is 11.3 Å². The third kappa shape index (κ3) is 3.33. The number of thiophene rings is 1. The lowest BCUT2D eigenvalue weighted by atomic mass is 10.1. The van der Waals surface area contributed by atoms with Crippen LogP contribution in [0.4, 0.5) is 0 Å². The summed E-state index contributed by atoms with van der Waals surface area (Å²) in [6.45, 7) is 6.30. The Morgan fingerprint density at radius 1 is 1.00 bits per heavy atom. The predicted octanol–water partition coefficient (Wildman–Crippen LogP) is 4.69. The lowest BCUT2D eigenvalue weighted by Crippen LogP contribution is -2.05. The van der Waals surface area contributed by atoms with E-state index in [1.807, 2.05) is 62.5 Å². The fourth-order valence-corrected chi connectivity index (χ4v) is 3.72. The molecule has 0 amide bonds. The molecule has 0 fully saturated rings. The standard InChI is InChI=1S/C21H18N6O2S/c1-12-6-8-15(9-7-12)20-22-16(14(3)28-20)11-27-13(2)18(24-26-27)21-23-19(25-29-21)17-5-4-10-30-17/h4-10H,11H2,1-3H3. The Morgan fingerprint density at radius 2 is 1.83 bits per heavy atom. The summed E-state index contributed by atoms with van der Waals surface area (Å²) in [6.07, 6.45) is 0. The molecule has 8 nitrogen and oxygen atoms in total. The van der Waals surface area contributed by atoms with Crippen LogP contribution in [-0.4, -0.2) is 30.1 Å². The molecule has 4 heterocycles. The molecule has 0 unspecified atom stereocenters. The molecule has 9 heteroatoms. The number of rotatable bonds is 5. The number of hydrogen-bond acceptors (Lipinski definition) is 8. The molecule has 0 N–H and O–H groups in total. The van der Waals surface area contributed by atoms with Gasteiger partial charge < -0.3 is 8.94 Å². The molecule has 0 spiro atoms. The zero-order valence-corrected chi connectivity index (χ0v) is 17.5. The van der Waals surface area contributed by atoms with Gasteiger partial charge in [-0.1, -0.05) is 34.1 Å². The Morgan fingerprint density at radius 3 is 2.60 bits per heavy atom. The van der Waals surface area contributed by atoms with Crippen LogP contribution in [0.5, 0.6) is 0 Å². The van der Waals surface area contributed by atoms with Crippen molar-refractivity contribution >= 4 is 11.3 Å². The number of oxazole rings is 1. The topological polar surface area (TPSA) is 95.7 Å². The predicted molar refractivity (Wildman–Crippen MR) is 112 cm³/mol. The second-order valence-corrected chi connectivity index (χ2v) is 7.92.